The first kappa shape index (κ1) is 22.7. The smallest absolute Gasteiger partial charge is 0.252 e. The summed E-state index contributed by atoms with van der Waals surface area (Å²) in [6.45, 7) is 9.20. The maximum Gasteiger partial charge on any atom is 0.252 e. The summed E-state index contributed by atoms with van der Waals surface area (Å²) in [5.41, 5.74) is 1.75. The first-order valence-corrected chi connectivity index (χ1v) is 10.4. The van der Waals surface area contributed by atoms with Crippen LogP contribution >= 0.6 is 11.8 Å². The molecule has 0 heterocycles. The number of carbonyl (C=O) groups excluding carboxylic acids is 3. The van der Waals surface area contributed by atoms with Gasteiger partial charge in [0.25, 0.3) is 5.91 Å². The van der Waals surface area contributed by atoms with Gasteiger partial charge in [-0.05, 0) is 43.7 Å². The van der Waals surface area contributed by atoms with Gasteiger partial charge < -0.3 is 10.6 Å². The molecule has 6 heteroatoms. The Kier molecular flexibility index (Phi) is 7.62. The van der Waals surface area contributed by atoms with Gasteiger partial charge in [-0.3, -0.25) is 14.4 Å². The number of hydrogen-bond donors (Lipinski definition) is 2. The van der Waals surface area contributed by atoms with E-state index in [0.29, 0.717) is 10.5 Å². The van der Waals surface area contributed by atoms with Crippen molar-refractivity contribution in [3.05, 3.63) is 59.7 Å². The first-order chi connectivity index (χ1) is 13.6. The largest absolute Gasteiger partial charge is 0.345 e. The summed E-state index contributed by atoms with van der Waals surface area (Å²) in [4.78, 5) is 37.9. The maximum atomic E-state index is 12.6. The van der Waals surface area contributed by atoms with Crippen LogP contribution in [0.2, 0.25) is 0 Å². The summed E-state index contributed by atoms with van der Waals surface area (Å²) in [5.74, 6) is -0.502. The lowest BCUT2D eigenvalue weighted by atomic mass is 9.91. The lowest BCUT2D eigenvalue weighted by Crippen LogP contribution is -2.35. The summed E-state index contributed by atoms with van der Waals surface area (Å²) in [7, 11) is 0. The Bertz CT molecular complexity index is 903. The Morgan fingerprint density at radius 2 is 1.72 bits per heavy atom. The number of aryl methyl sites for hydroxylation is 1. The minimum atomic E-state index is -0.510. The lowest BCUT2D eigenvalue weighted by molar-refractivity contribution is -0.125. The van der Waals surface area contributed by atoms with Crippen LogP contribution in [0.25, 0.3) is 0 Å². The molecule has 29 heavy (non-hydrogen) atoms. The minimum Gasteiger partial charge on any atom is -0.345 e. The fourth-order valence-electron chi connectivity index (χ4n) is 2.49. The molecule has 0 aliphatic heterocycles. The Hall–Kier alpha value is -2.60. The molecule has 2 amide bonds. The van der Waals surface area contributed by atoms with Crippen molar-refractivity contribution in [1.82, 2.24) is 5.32 Å². The van der Waals surface area contributed by atoms with Gasteiger partial charge in [0.15, 0.2) is 5.78 Å². The van der Waals surface area contributed by atoms with Crippen LogP contribution < -0.4 is 10.6 Å². The van der Waals surface area contributed by atoms with Crippen molar-refractivity contribution in [2.75, 3.05) is 11.9 Å². The number of benzene rings is 2. The number of hydrogen-bond acceptors (Lipinski definition) is 4. The van der Waals surface area contributed by atoms with E-state index in [9.17, 15) is 14.4 Å². The molecule has 0 radical (unpaired) electrons. The molecule has 1 atom stereocenters. The maximum absolute atomic E-state index is 12.6. The molecule has 5 nitrogen and oxygen atoms in total. The summed E-state index contributed by atoms with van der Waals surface area (Å²) in [6, 6.07) is 14.7. The Balaban J connectivity index is 2.04. The number of Topliss-reactive ketones (excluding diaryl/α,β-unsaturated/α-hetero) is 1. The number of thioether (sulfide) groups is 1. The van der Waals surface area contributed by atoms with Crippen molar-refractivity contribution in [3.63, 3.8) is 0 Å². The number of ketones is 1. The van der Waals surface area contributed by atoms with Crippen LogP contribution in [0.1, 0.15) is 43.6 Å². The van der Waals surface area contributed by atoms with Gasteiger partial charge in [0.2, 0.25) is 5.91 Å². The second-order valence-electron chi connectivity index (χ2n) is 7.97. The van der Waals surface area contributed by atoms with E-state index in [-0.39, 0.29) is 24.1 Å². The van der Waals surface area contributed by atoms with E-state index in [2.05, 4.69) is 10.6 Å². The van der Waals surface area contributed by atoms with Crippen LogP contribution in [-0.4, -0.2) is 29.4 Å². The third kappa shape index (κ3) is 6.75. The highest BCUT2D eigenvalue weighted by Gasteiger charge is 2.23. The second kappa shape index (κ2) is 9.74. The topological polar surface area (TPSA) is 75.3 Å². The minimum absolute atomic E-state index is 0.0231. The molecule has 0 spiro atoms. The highest BCUT2D eigenvalue weighted by Crippen LogP contribution is 2.28. The van der Waals surface area contributed by atoms with E-state index in [4.69, 9.17) is 0 Å². The molecule has 154 valence electrons. The zero-order valence-electron chi connectivity index (χ0n) is 17.5. The van der Waals surface area contributed by atoms with Crippen LogP contribution in [0.4, 0.5) is 5.69 Å². The van der Waals surface area contributed by atoms with Gasteiger partial charge in [-0.1, -0.05) is 45.0 Å². The van der Waals surface area contributed by atoms with Gasteiger partial charge in [-0.25, -0.2) is 0 Å². The molecular weight excluding hydrogens is 384 g/mol. The highest BCUT2D eigenvalue weighted by atomic mass is 32.2. The number of rotatable bonds is 7. The summed E-state index contributed by atoms with van der Waals surface area (Å²) < 4.78 is 0. The van der Waals surface area contributed by atoms with E-state index >= 15 is 0 Å². The van der Waals surface area contributed by atoms with Gasteiger partial charge in [0, 0.05) is 16.0 Å². The van der Waals surface area contributed by atoms with Crippen LogP contribution in [0.15, 0.2) is 53.4 Å². The third-order valence-electron chi connectivity index (χ3n) is 4.34. The molecule has 0 bridgehead atoms. The molecule has 0 saturated heterocycles. The average Bonchev–Trinajstić information content (AvgIpc) is 2.65. The summed E-state index contributed by atoms with van der Waals surface area (Å²) in [6.07, 6.45) is 0. The molecule has 2 N–H and O–H groups in total. The first-order valence-electron chi connectivity index (χ1n) is 9.52. The standard InChI is InChI=1S/C23H28N2O3S/c1-15-9-8-10-17(13-15)25-21(27)16(2)29-19-12-7-6-11-18(19)22(28)24-14-20(26)23(3,4)5/h6-13,16H,14H2,1-5H3,(H,24,28)(H,25,27)/t16-/m1/s1. The van der Waals surface area contributed by atoms with Crippen LogP contribution in [0.5, 0.6) is 0 Å². The van der Waals surface area contributed by atoms with E-state index < -0.39 is 10.7 Å². The van der Waals surface area contributed by atoms with Crippen molar-refractivity contribution < 1.29 is 14.4 Å². The van der Waals surface area contributed by atoms with Gasteiger partial charge in [-0.2, -0.15) is 0 Å². The number of nitrogens with one attached hydrogen (secondary N) is 2. The van der Waals surface area contributed by atoms with Crippen molar-refractivity contribution in [2.45, 2.75) is 44.8 Å². The third-order valence-corrected chi connectivity index (χ3v) is 5.51. The van der Waals surface area contributed by atoms with Gasteiger partial charge in [-0.15, -0.1) is 11.8 Å². The number of carbonyl (C=O) groups is 3. The van der Waals surface area contributed by atoms with Gasteiger partial charge in [0.1, 0.15) is 0 Å². The zero-order chi connectivity index (χ0) is 21.6. The van der Waals surface area contributed by atoms with Crippen molar-refractivity contribution in [1.29, 1.82) is 0 Å². The Morgan fingerprint density at radius 3 is 2.38 bits per heavy atom. The molecule has 0 aliphatic carbocycles. The predicted molar refractivity (Wildman–Crippen MR) is 118 cm³/mol. The molecule has 2 aromatic rings. The fraction of sp³-hybridized carbons (Fsp3) is 0.348. The molecule has 0 unspecified atom stereocenters. The van der Waals surface area contributed by atoms with E-state index in [1.54, 1.807) is 19.1 Å². The quantitative estimate of drug-likeness (QED) is 0.659. The van der Waals surface area contributed by atoms with Crippen LogP contribution in [0.3, 0.4) is 0 Å². The van der Waals surface area contributed by atoms with E-state index in [1.807, 2.05) is 64.1 Å². The predicted octanol–water partition coefficient (Wildman–Crippen LogP) is 4.46. The molecule has 0 fully saturated rings. The summed E-state index contributed by atoms with van der Waals surface area (Å²) >= 11 is 1.31. The number of anilines is 1. The Morgan fingerprint density at radius 1 is 1.03 bits per heavy atom. The monoisotopic (exact) mass is 412 g/mol. The molecule has 2 rings (SSSR count). The van der Waals surface area contributed by atoms with Crippen molar-refractivity contribution in [2.24, 2.45) is 5.41 Å². The average molecular weight is 413 g/mol. The molecule has 0 saturated carbocycles. The SMILES string of the molecule is Cc1cccc(NC(=O)[C@@H](C)Sc2ccccc2C(=O)NCC(=O)C(C)(C)C)c1. The molecule has 0 aromatic heterocycles. The highest BCUT2D eigenvalue weighted by molar-refractivity contribution is 8.00. The number of amides is 2. The molecular formula is C23H28N2O3S. The lowest BCUT2D eigenvalue weighted by Gasteiger charge is -2.18. The van der Waals surface area contributed by atoms with E-state index in [1.165, 1.54) is 11.8 Å². The summed E-state index contributed by atoms with van der Waals surface area (Å²) in [5, 5.41) is 5.19. The van der Waals surface area contributed by atoms with Crippen molar-refractivity contribution in [3.8, 4) is 0 Å². The van der Waals surface area contributed by atoms with Crippen LogP contribution in [-0.2, 0) is 9.59 Å². The van der Waals surface area contributed by atoms with Crippen molar-refractivity contribution >= 4 is 35.0 Å². The molecule has 0 aliphatic rings. The second-order valence-corrected chi connectivity index (χ2v) is 9.35. The van der Waals surface area contributed by atoms with Gasteiger partial charge in [0.05, 0.1) is 17.4 Å². The molecule has 2 aromatic carbocycles. The fourth-order valence-corrected chi connectivity index (χ4v) is 3.48. The normalized spacial score (nSPS) is 12.2. The van der Waals surface area contributed by atoms with Gasteiger partial charge >= 0.3 is 0 Å². The van der Waals surface area contributed by atoms with E-state index in [0.717, 1.165) is 11.3 Å². The zero-order valence-corrected chi connectivity index (χ0v) is 18.4. The Labute approximate surface area is 176 Å². The van der Waals surface area contributed by atoms with Crippen LogP contribution in [0, 0.1) is 12.3 Å².